The fourth-order valence-corrected chi connectivity index (χ4v) is 4.32. The standard InChI is InChI=1S/C23H23ClF3N5O/c1-14-10-17(23(25,26)27)11-15(2)20(14)30-22(33)31-9-3-4-19(31)21-28-13-29-32(21)12-16-5-7-18(24)8-6-16/h5-8,10-11,13,19H,3-4,9,12H2,1-2H3,(H,30,33)/t19-/m1/s1. The molecular formula is C23H23ClF3N5O. The monoisotopic (exact) mass is 477 g/mol. The topological polar surface area (TPSA) is 63.1 Å². The third kappa shape index (κ3) is 4.98. The molecular weight excluding hydrogens is 455 g/mol. The Kier molecular flexibility index (Phi) is 6.34. The summed E-state index contributed by atoms with van der Waals surface area (Å²) in [6.07, 6.45) is -1.47. The van der Waals surface area contributed by atoms with Gasteiger partial charge in [-0.15, -0.1) is 0 Å². The second kappa shape index (κ2) is 9.05. The van der Waals surface area contributed by atoms with Crippen LogP contribution < -0.4 is 5.32 Å². The van der Waals surface area contributed by atoms with Gasteiger partial charge in [0.1, 0.15) is 12.2 Å². The number of anilines is 1. The van der Waals surface area contributed by atoms with Gasteiger partial charge >= 0.3 is 12.2 Å². The highest BCUT2D eigenvalue weighted by molar-refractivity contribution is 6.30. The van der Waals surface area contributed by atoms with Gasteiger partial charge in [-0.1, -0.05) is 23.7 Å². The summed E-state index contributed by atoms with van der Waals surface area (Å²) in [7, 11) is 0. The number of halogens is 4. The number of urea groups is 1. The number of likely N-dealkylation sites (tertiary alicyclic amines) is 1. The number of carbonyl (C=O) groups excluding carboxylic acids is 1. The zero-order valence-corrected chi connectivity index (χ0v) is 18.9. The van der Waals surface area contributed by atoms with E-state index in [1.807, 2.05) is 12.1 Å². The molecule has 4 rings (SSSR count). The maximum Gasteiger partial charge on any atom is 0.416 e. The maximum atomic E-state index is 13.1. The first-order valence-electron chi connectivity index (χ1n) is 10.5. The number of aromatic nitrogens is 3. The largest absolute Gasteiger partial charge is 0.416 e. The smallest absolute Gasteiger partial charge is 0.314 e. The second-order valence-electron chi connectivity index (χ2n) is 8.17. The normalized spacial score (nSPS) is 16.3. The number of carbonyl (C=O) groups is 1. The van der Waals surface area contributed by atoms with E-state index in [1.165, 1.54) is 6.33 Å². The van der Waals surface area contributed by atoms with Crippen LogP contribution in [0.5, 0.6) is 0 Å². The van der Waals surface area contributed by atoms with Gasteiger partial charge in [-0.05, 0) is 67.6 Å². The molecule has 1 atom stereocenters. The number of rotatable bonds is 4. The van der Waals surface area contributed by atoms with Crippen LogP contribution in [0, 0.1) is 13.8 Å². The summed E-state index contributed by atoms with van der Waals surface area (Å²) in [6, 6.07) is 8.86. The molecule has 6 nitrogen and oxygen atoms in total. The molecule has 2 amide bonds. The van der Waals surface area contributed by atoms with Crippen molar-refractivity contribution in [2.75, 3.05) is 11.9 Å². The van der Waals surface area contributed by atoms with E-state index < -0.39 is 11.7 Å². The van der Waals surface area contributed by atoms with Crippen molar-refractivity contribution in [1.82, 2.24) is 19.7 Å². The Balaban J connectivity index is 1.53. The summed E-state index contributed by atoms with van der Waals surface area (Å²) in [5.41, 5.74) is 1.37. The van der Waals surface area contributed by atoms with Crippen LogP contribution in [0.4, 0.5) is 23.7 Å². The molecule has 1 saturated heterocycles. The zero-order chi connectivity index (χ0) is 23.8. The van der Waals surface area contributed by atoms with Crippen LogP contribution in [-0.4, -0.2) is 32.2 Å². The number of nitrogens with zero attached hydrogens (tertiary/aromatic N) is 4. The lowest BCUT2D eigenvalue weighted by atomic mass is 10.0. The Hall–Kier alpha value is -3.07. The Morgan fingerprint density at radius 3 is 2.48 bits per heavy atom. The van der Waals surface area contributed by atoms with Gasteiger partial charge in [0.05, 0.1) is 18.2 Å². The lowest BCUT2D eigenvalue weighted by Crippen LogP contribution is -2.36. The minimum atomic E-state index is -4.44. The molecule has 0 unspecified atom stereocenters. The molecule has 0 saturated carbocycles. The van der Waals surface area contributed by atoms with Crippen molar-refractivity contribution in [2.24, 2.45) is 0 Å². The summed E-state index contributed by atoms with van der Waals surface area (Å²) in [5, 5.41) is 7.78. The number of nitrogens with one attached hydrogen (secondary N) is 1. The van der Waals surface area contributed by atoms with Gasteiger partial charge in [0.2, 0.25) is 0 Å². The highest BCUT2D eigenvalue weighted by Crippen LogP contribution is 2.35. The average Bonchev–Trinajstić information content (AvgIpc) is 3.40. The number of benzene rings is 2. The van der Waals surface area contributed by atoms with Crippen molar-refractivity contribution < 1.29 is 18.0 Å². The molecule has 2 heterocycles. The molecule has 0 spiro atoms. The molecule has 0 radical (unpaired) electrons. The molecule has 0 aliphatic carbocycles. The van der Waals surface area contributed by atoms with Crippen molar-refractivity contribution >= 4 is 23.3 Å². The lowest BCUT2D eigenvalue weighted by molar-refractivity contribution is -0.137. The van der Waals surface area contributed by atoms with Crippen LogP contribution in [0.2, 0.25) is 5.02 Å². The first-order chi connectivity index (χ1) is 15.6. The molecule has 1 aliphatic heterocycles. The fraction of sp³-hybridized carbons (Fsp3) is 0.348. The van der Waals surface area contributed by atoms with Crippen LogP contribution in [0.1, 0.15) is 47.0 Å². The van der Waals surface area contributed by atoms with Gasteiger partial charge in [0, 0.05) is 17.3 Å². The van der Waals surface area contributed by atoms with Crippen LogP contribution in [0.15, 0.2) is 42.7 Å². The van der Waals surface area contributed by atoms with Crippen LogP contribution in [-0.2, 0) is 12.7 Å². The first-order valence-corrected chi connectivity index (χ1v) is 10.9. The predicted molar refractivity (Wildman–Crippen MR) is 119 cm³/mol. The summed E-state index contributed by atoms with van der Waals surface area (Å²) in [6.45, 7) is 4.11. The summed E-state index contributed by atoms with van der Waals surface area (Å²) in [5.74, 6) is 0.665. The molecule has 1 fully saturated rings. The molecule has 33 heavy (non-hydrogen) atoms. The third-order valence-corrected chi connectivity index (χ3v) is 6.05. The Morgan fingerprint density at radius 1 is 1.18 bits per heavy atom. The first kappa shape index (κ1) is 23.1. The third-order valence-electron chi connectivity index (χ3n) is 5.79. The van der Waals surface area contributed by atoms with Gasteiger partial charge in [-0.2, -0.15) is 18.3 Å². The van der Waals surface area contributed by atoms with Gasteiger partial charge in [0.25, 0.3) is 0 Å². The van der Waals surface area contributed by atoms with Gasteiger partial charge in [0.15, 0.2) is 0 Å². The van der Waals surface area contributed by atoms with Crippen LogP contribution in [0.25, 0.3) is 0 Å². The molecule has 1 aromatic heterocycles. The summed E-state index contributed by atoms with van der Waals surface area (Å²) < 4.78 is 41.0. The number of hydrogen-bond acceptors (Lipinski definition) is 3. The molecule has 174 valence electrons. The van der Waals surface area contributed by atoms with E-state index >= 15 is 0 Å². The van der Waals surface area contributed by atoms with Crippen LogP contribution in [0.3, 0.4) is 0 Å². The summed E-state index contributed by atoms with van der Waals surface area (Å²) in [4.78, 5) is 19.2. The average molecular weight is 478 g/mol. The van der Waals surface area contributed by atoms with Gasteiger partial charge in [-0.25, -0.2) is 14.5 Å². The molecule has 1 N–H and O–H groups in total. The van der Waals surface area contributed by atoms with E-state index in [0.29, 0.717) is 40.8 Å². The molecule has 1 aliphatic rings. The Morgan fingerprint density at radius 2 is 1.85 bits per heavy atom. The highest BCUT2D eigenvalue weighted by atomic mass is 35.5. The number of hydrogen-bond donors (Lipinski definition) is 1. The SMILES string of the molecule is Cc1cc(C(F)(F)F)cc(C)c1NC(=O)N1CCC[C@@H]1c1ncnn1Cc1ccc(Cl)cc1. The minimum absolute atomic E-state index is 0.283. The molecule has 10 heteroatoms. The Labute approximate surface area is 194 Å². The van der Waals surface area contributed by atoms with Crippen molar-refractivity contribution in [3.8, 4) is 0 Å². The van der Waals surface area contributed by atoms with Gasteiger partial charge < -0.3 is 10.2 Å². The highest BCUT2D eigenvalue weighted by Gasteiger charge is 2.35. The van der Waals surface area contributed by atoms with E-state index in [4.69, 9.17) is 11.6 Å². The minimum Gasteiger partial charge on any atom is -0.314 e. The predicted octanol–water partition coefficient (Wildman–Crippen LogP) is 5.98. The summed E-state index contributed by atoms with van der Waals surface area (Å²) >= 11 is 5.96. The lowest BCUT2D eigenvalue weighted by Gasteiger charge is -2.26. The number of alkyl halides is 3. The quantitative estimate of drug-likeness (QED) is 0.502. The van der Waals surface area contributed by atoms with E-state index in [9.17, 15) is 18.0 Å². The van der Waals surface area contributed by atoms with E-state index in [-0.39, 0.29) is 12.1 Å². The maximum absolute atomic E-state index is 13.1. The van der Waals surface area contributed by atoms with Crippen LogP contribution >= 0.6 is 11.6 Å². The molecule has 0 bridgehead atoms. The zero-order valence-electron chi connectivity index (χ0n) is 18.2. The van der Waals surface area contributed by atoms with Crippen molar-refractivity contribution in [3.63, 3.8) is 0 Å². The second-order valence-corrected chi connectivity index (χ2v) is 8.60. The number of amides is 2. The Bertz CT molecular complexity index is 1140. The fourth-order valence-electron chi connectivity index (χ4n) is 4.20. The van der Waals surface area contributed by atoms with Gasteiger partial charge in [-0.3, -0.25) is 0 Å². The van der Waals surface area contributed by atoms with E-state index in [1.54, 1.807) is 35.6 Å². The van der Waals surface area contributed by atoms with Crippen molar-refractivity contribution in [2.45, 2.75) is 45.5 Å². The van der Waals surface area contributed by atoms with Crippen molar-refractivity contribution in [1.29, 1.82) is 0 Å². The number of aryl methyl sites for hydroxylation is 2. The molecule has 2 aromatic carbocycles. The van der Waals surface area contributed by atoms with E-state index in [2.05, 4.69) is 15.4 Å². The molecule has 3 aromatic rings. The van der Waals surface area contributed by atoms with E-state index in [0.717, 1.165) is 30.5 Å². The van der Waals surface area contributed by atoms with Crippen molar-refractivity contribution in [3.05, 3.63) is 75.8 Å².